The van der Waals surface area contributed by atoms with Crippen LogP contribution < -0.4 is 10.6 Å². The minimum absolute atomic E-state index is 0.403. The number of aliphatic carboxylic acids is 1. The molecular formula is C13H26N2O4. The van der Waals surface area contributed by atoms with E-state index in [1.54, 1.807) is 0 Å². The van der Waals surface area contributed by atoms with Gasteiger partial charge in [-0.1, -0.05) is 33.1 Å². The van der Waals surface area contributed by atoms with Gasteiger partial charge in [0, 0.05) is 6.54 Å². The van der Waals surface area contributed by atoms with Crippen LogP contribution in [0.4, 0.5) is 4.79 Å². The molecule has 0 saturated heterocycles. The predicted molar refractivity (Wildman–Crippen MR) is 72.9 cm³/mol. The largest absolute Gasteiger partial charge is 0.480 e. The third-order valence-electron chi connectivity index (χ3n) is 3.13. The monoisotopic (exact) mass is 274 g/mol. The van der Waals surface area contributed by atoms with Crippen molar-refractivity contribution in [2.24, 2.45) is 5.92 Å². The fourth-order valence-electron chi connectivity index (χ4n) is 1.76. The molecule has 3 atom stereocenters. The Bertz CT molecular complexity index is 282. The van der Waals surface area contributed by atoms with Gasteiger partial charge in [-0.15, -0.1) is 0 Å². The summed E-state index contributed by atoms with van der Waals surface area (Å²) >= 11 is 0. The highest BCUT2D eigenvalue weighted by Crippen LogP contribution is 2.11. The van der Waals surface area contributed by atoms with Gasteiger partial charge in [-0.3, -0.25) is 0 Å². The van der Waals surface area contributed by atoms with Crippen molar-refractivity contribution in [2.75, 3.05) is 6.54 Å². The lowest BCUT2D eigenvalue weighted by molar-refractivity contribution is -0.141. The van der Waals surface area contributed by atoms with Crippen molar-refractivity contribution in [1.82, 2.24) is 10.6 Å². The Kier molecular flexibility index (Phi) is 8.95. The van der Waals surface area contributed by atoms with Crippen LogP contribution in [-0.4, -0.2) is 40.9 Å². The Hall–Kier alpha value is -1.30. The van der Waals surface area contributed by atoms with E-state index in [0.717, 1.165) is 25.7 Å². The van der Waals surface area contributed by atoms with E-state index in [2.05, 4.69) is 24.5 Å². The first-order valence-electron chi connectivity index (χ1n) is 6.87. The van der Waals surface area contributed by atoms with Crippen molar-refractivity contribution in [1.29, 1.82) is 0 Å². The van der Waals surface area contributed by atoms with E-state index >= 15 is 0 Å². The molecule has 0 radical (unpaired) electrons. The minimum atomic E-state index is -1.28. The molecule has 3 unspecified atom stereocenters. The van der Waals surface area contributed by atoms with Crippen LogP contribution in [0.2, 0.25) is 0 Å². The normalized spacial score (nSPS) is 15.4. The lowest BCUT2D eigenvalue weighted by Crippen LogP contribution is -2.51. The number of carboxylic acid groups (broad SMARTS) is 1. The van der Waals surface area contributed by atoms with Gasteiger partial charge in [0.15, 0.2) is 6.04 Å². The highest BCUT2D eigenvalue weighted by atomic mass is 16.4. The molecule has 0 saturated carbocycles. The van der Waals surface area contributed by atoms with Crippen LogP contribution in [0.25, 0.3) is 0 Å². The van der Waals surface area contributed by atoms with Crippen LogP contribution in [0.1, 0.15) is 46.5 Å². The second-order valence-corrected chi connectivity index (χ2v) is 4.83. The van der Waals surface area contributed by atoms with Gasteiger partial charge in [-0.2, -0.15) is 0 Å². The zero-order valence-electron chi connectivity index (χ0n) is 12.0. The zero-order valence-corrected chi connectivity index (χ0v) is 12.0. The van der Waals surface area contributed by atoms with Gasteiger partial charge in [0.05, 0.1) is 6.10 Å². The van der Waals surface area contributed by atoms with E-state index in [4.69, 9.17) is 5.11 Å². The maximum absolute atomic E-state index is 11.6. The Morgan fingerprint density at radius 1 is 1.26 bits per heavy atom. The van der Waals surface area contributed by atoms with Crippen LogP contribution in [0.3, 0.4) is 0 Å². The van der Waals surface area contributed by atoms with Gasteiger partial charge < -0.3 is 20.8 Å². The molecular weight excluding hydrogens is 248 g/mol. The van der Waals surface area contributed by atoms with E-state index < -0.39 is 24.1 Å². The lowest BCUT2D eigenvalue weighted by atomic mass is 9.99. The lowest BCUT2D eigenvalue weighted by Gasteiger charge is -2.19. The molecule has 112 valence electrons. The van der Waals surface area contributed by atoms with Gasteiger partial charge in [0.2, 0.25) is 0 Å². The minimum Gasteiger partial charge on any atom is -0.480 e. The van der Waals surface area contributed by atoms with Gasteiger partial charge in [0.1, 0.15) is 0 Å². The summed E-state index contributed by atoms with van der Waals surface area (Å²) in [5.74, 6) is -0.844. The molecule has 6 nitrogen and oxygen atoms in total. The number of carbonyl (C=O) groups excluding carboxylic acids is 1. The Morgan fingerprint density at radius 2 is 1.89 bits per heavy atom. The maximum Gasteiger partial charge on any atom is 0.328 e. The van der Waals surface area contributed by atoms with Gasteiger partial charge in [-0.05, 0) is 19.3 Å². The van der Waals surface area contributed by atoms with E-state index in [-0.39, 0.29) is 0 Å². The molecule has 0 bridgehead atoms. The Morgan fingerprint density at radius 3 is 2.32 bits per heavy atom. The number of hydrogen-bond donors (Lipinski definition) is 4. The quantitative estimate of drug-likeness (QED) is 0.510. The summed E-state index contributed by atoms with van der Waals surface area (Å²) in [4.78, 5) is 22.4. The van der Waals surface area contributed by atoms with Crippen molar-refractivity contribution in [3.8, 4) is 0 Å². The number of carbonyl (C=O) groups is 2. The molecule has 0 rings (SSSR count). The molecule has 0 aliphatic heterocycles. The summed E-state index contributed by atoms with van der Waals surface area (Å²) < 4.78 is 0. The van der Waals surface area contributed by atoms with Gasteiger partial charge in [-0.25, -0.2) is 9.59 Å². The first-order chi connectivity index (χ1) is 8.92. The number of carboxylic acids is 1. The van der Waals surface area contributed by atoms with Crippen LogP contribution in [0.5, 0.6) is 0 Å². The van der Waals surface area contributed by atoms with Crippen LogP contribution in [-0.2, 0) is 4.79 Å². The predicted octanol–water partition coefficient (Wildman–Crippen LogP) is 1.34. The summed E-state index contributed by atoms with van der Waals surface area (Å²) in [6.07, 6.45) is 3.12. The van der Waals surface area contributed by atoms with Crippen molar-refractivity contribution >= 4 is 12.0 Å². The van der Waals surface area contributed by atoms with E-state index in [9.17, 15) is 14.7 Å². The number of rotatable bonds is 9. The van der Waals surface area contributed by atoms with E-state index in [1.807, 2.05) is 0 Å². The molecule has 2 amide bonds. The second-order valence-electron chi connectivity index (χ2n) is 4.83. The number of hydrogen-bond acceptors (Lipinski definition) is 3. The SMILES string of the molecule is CCCCC(CC)CNC(=O)NC(C(=O)O)C(C)O. The highest BCUT2D eigenvalue weighted by molar-refractivity contribution is 5.82. The molecule has 0 heterocycles. The molecule has 0 fully saturated rings. The van der Waals surface area contributed by atoms with E-state index in [1.165, 1.54) is 6.92 Å². The molecule has 0 aromatic carbocycles. The second kappa shape index (κ2) is 9.61. The molecule has 6 heteroatoms. The maximum atomic E-state index is 11.6. The Labute approximate surface area is 114 Å². The zero-order chi connectivity index (χ0) is 14.8. The molecule has 0 aliphatic rings. The fourth-order valence-corrected chi connectivity index (χ4v) is 1.76. The molecule has 4 N–H and O–H groups in total. The third-order valence-corrected chi connectivity index (χ3v) is 3.13. The van der Waals surface area contributed by atoms with Gasteiger partial charge >= 0.3 is 12.0 Å². The number of urea groups is 1. The number of aliphatic hydroxyl groups excluding tert-OH is 1. The molecule has 0 aliphatic carbocycles. The number of unbranched alkanes of at least 4 members (excludes halogenated alkanes) is 1. The van der Waals surface area contributed by atoms with Crippen molar-refractivity contribution in [3.05, 3.63) is 0 Å². The summed E-state index contributed by atoms with van der Waals surface area (Å²) in [5, 5.41) is 23.0. The molecule has 0 aromatic heterocycles. The first kappa shape index (κ1) is 17.7. The standard InChI is InChI=1S/C13H26N2O4/c1-4-6-7-10(5-2)8-14-13(19)15-11(9(3)16)12(17)18/h9-11,16H,4-8H2,1-3H3,(H,17,18)(H2,14,15,19). The van der Waals surface area contributed by atoms with Crippen molar-refractivity contribution in [3.63, 3.8) is 0 Å². The Balaban J connectivity index is 4.11. The van der Waals surface area contributed by atoms with Crippen LogP contribution >= 0.6 is 0 Å². The summed E-state index contributed by atoms with van der Waals surface area (Å²) in [5.41, 5.74) is 0. The first-order valence-corrected chi connectivity index (χ1v) is 6.87. The number of nitrogens with one attached hydrogen (secondary N) is 2. The third kappa shape index (κ3) is 7.66. The molecule has 0 spiro atoms. The highest BCUT2D eigenvalue weighted by Gasteiger charge is 2.24. The molecule has 0 aromatic rings. The van der Waals surface area contributed by atoms with Gasteiger partial charge in [0.25, 0.3) is 0 Å². The summed E-state index contributed by atoms with van der Waals surface area (Å²) in [6.45, 7) is 6.03. The molecule has 19 heavy (non-hydrogen) atoms. The average Bonchev–Trinajstić information content (AvgIpc) is 2.35. The summed E-state index contributed by atoms with van der Waals surface area (Å²) in [7, 11) is 0. The van der Waals surface area contributed by atoms with Crippen LogP contribution in [0, 0.1) is 5.92 Å². The van der Waals surface area contributed by atoms with Crippen molar-refractivity contribution in [2.45, 2.75) is 58.6 Å². The van der Waals surface area contributed by atoms with E-state index in [0.29, 0.717) is 12.5 Å². The number of aliphatic hydroxyl groups is 1. The summed E-state index contributed by atoms with van der Waals surface area (Å²) in [6, 6.07) is -1.83. The average molecular weight is 274 g/mol. The smallest absolute Gasteiger partial charge is 0.328 e. The number of amides is 2. The van der Waals surface area contributed by atoms with Crippen LogP contribution in [0.15, 0.2) is 0 Å². The fraction of sp³-hybridized carbons (Fsp3) is 0.846. The topological polar surface area (TPSA) is 98.7 Å². The van der Waals surface area contributed by atoms with Crippen molar-refractivity contribution < 1.29 is 19.8 Å².